The van der Waals surface area contributed by atoms with Crippen molar-refractivity contribution in [3.05, 3.63) is 90.0 Å². The minimum atomic E-state index is -1.02. The summed E-state index contributed by atoms with van der Waals surface area (Å²) in [7, 11) is 0. The lowest BCUT2D eigenvalue weighted by molar-refractivity contribution is -0.117. The second kappa shape index (κ2) is 9.70. The van der Waals surface area contributed by atoms with Crippen LogP contribution in [-0.2, 0) is 9.59 Å². The Hall–Kier alpha value is -3.58. The van der Waals surface area contributed by atoms with Crippen LogP contribution in [0.2, 0.25) is 0 Å². The maximum absolute atomic E-state index is 13.1. The van der Waals surface area contributed by atoms with Crippen LogP contribution < -0.4 is 10.6 Å². The van der Waals surface area contributed by atoms with E-state index in [1.807, 2.05) is 54.6 Å². The highest BCUT2D eigenvalue weighted by Crippen LogP contribution is 2.37. The first-order chi connectivity index (χ1) is 15.5. The first kappa shape index (κ1) is 21.6. The molecule has 6 nitrogen and oxygen atoms in total. The summed E-state index contributed by atoms with van der Waals surface area (Å²) in [6, 6.07) is 23.0. The molecule has 2 amide bonds. The molecule has 1 saturated carbocycles. The Kier molecular flexibility index (Phi) is 6.56. The number of amides is 2. The van der Waals surface area contributed by atoms with Crippen LogP contribution in [0.3, 0.4) is 0 Å². The Bertz CT molecular complexity index is 1110. The number of rotatable bonds is 8. The lowest BCUT2D eigenvalue weighted by Gasteiger charge is -2.17. The maximum atomic E-state index is 13.1. The summed E-state index contributed by atoms with van der Waals surface area (Å²) in [5, 5.41) is 14.3. The van der Waals surface area contributed by atoms with Gasteiger partial charge >= 0.3 is 5.97 Å². The highest BCUT2D eigenvalue weighted by Gasteiger charge is 2.29. The molecule has 3 aromatic carbocycles. The molecule has 0 aliphatic heterocycles. The monoisotopic (exact) mass is 446 g/mol. The zero-order valence-corrected chi connectivity index (χ0v) is 18.0. The van der Waals surface area contributed by atoms with Crippen LogP contribution in [0.4, 0.5) is 11.4 Å². The van der Waals surface area contributed by atoms with Crippen molar-refractivity contribution in [2.45, 2.75) is 23.0 Å². The van der Waals surface area contributed by atoms with E-state index >= 15 is 0 Å². The van der Waals surface area contributed by atoms with Gasteiger partial charge in [-0.05, 0) is 66.9 Å². The van der Waals surface area contributed by atoms with E-state index in [1.165, 1.54) is 23.9 Å². The van der Waals surface area contributed by atoms with Gasteiger partial charge in [-0.3, -0.25) is 9.59 Å². The molecule has 162 valence electrons. The first-order valence-corrected chi connectivity index (χ1v) is 11.1. The molecule has 3 aromatic rings. The van der Waals surface area contributed by atoms with Gasteiger partial charge in [0.15, 0.2) is 0 Å². The Morgan fingerprint density at radius 2 is 1.41 bits per heavy atom. The van der Waals surface area contributed by atoms with E-state index in [0.29, 0.717) is 5.69 Å². The number of carbonyl (C=O) groups is 3. The van der Waals surface area contributed by atoms with E-state index in [-0.39, 0.29) is 23.3 Å². The molecule has 4 rings (SSSR count). The molecule has 1 fully saturated rings. The summed E-state index contributed by atoms with van der Waals surface area (Å²) in [6.45, 7) is 0. The van der Waals surface area contributed by atoms with Gasteiger partial charge in [0.25, 0.3) is 0 Å². The number of nitrogens with one attached hydrogen (secondary N) is 2. The van der Waals surface area contributed by atoms with Gasteiger partial charge in [0.05, 0.1) is 5.56 Å². The Morgan fingerprint density at radius 1 is 0.812 bits per heavy atom. The second-order valence-corrected chi connectivity index (χ2v) is 8.75. The molecule has 32 heavy (non-hydrogen) atoms. The molecule has 1 aliphatic carbocycles. The van der Waals surface area contributed by atoms with Crippen molar-refractivity contribution in [1.82, 2.24) is 0 Å². The Morgan fingerprint density at radius 3 is 2.00 bits per heavy atom. The van der Waals surface area contributed by atoms with E-state index in [4.69, 9.17) is 5.11 Å². The summed E-state index contributed by atoms with van der Waals surface area (Å²) in [5.74, 6) is -1.03. The van der Waals surface area contributed by atoms with Crippen LogP contribution in [0.5, 0.6) is 0 Å². The van der Waals surface area contributed by atoms with Crippen LogP contribution in [0.15, 0.2) is 83.8 Å². The second-order valence-electron chi connectivity index (χ2n) is 7.57. The maximum Gasteiger partial charge on any atom is 0.335 e. The van der Waals surface area contributed by atoms with Gasteiger partial charge < -0.3 is 15.7 Å². The predicted molar refractivity (Wildman–Crippen MR) is 125 cm³/mol. The van der Waals surface area contributed by atoms with E-state index in [2.05, 4.69) is 10.6 Å². The molecule has 3 N–H and O–H groups in total. The number of benzene rings is 3. The van der Waals surface area contributed by atoms with E-state index in [0.717, 1.165) is 29.0 Å². The number of hydrogen-bond acceptors (Lipinski definition) is 4. The quantitative estimate of drug-likeness (QED) is 0.413. The van der Waals surface area contributed by atoms with Crippen LogP contribution >= 0.6 is 11.8 Å². The number of carbonyl (C=O) groups excluding carboxylic acids is 2. The van der Waals surface area contributed by atoms with Crippen molar-refractivity contribution in [3.63, 3.8) is 0 Å². The van der Waals surface area contributed by atoms with E-state index < -0.39 is 11.2 Å². The smallest absolute Gasteiger partial charge is 0.335 e. The molecule has 0 saturated heterocycles. The predicted octanol–water partition coefficient (Wildman–Crippen LogP) is 5.21. The van der Waals surface area contributed by atoms with Crippen molar-refractivity contribution in [2.75, 3.05) is 10.6 Å². The molecule has 1 atom stereocenters. The van der Waals surface area contributed by atoms with Gasteiger partial charge in [-0.2, -0.15) is 0 Å². The summed E-state index contributed by atoms with van der Waals surface area (Å²) in [6.07, 6.45) is 1.90. The molecular formula is C25H22N2O4S. The fourth-order valence-corrected chi connectivity index (χ4v) is 4.17. The van der Waals surface area contributed by atoms with Crippen molar-refractivity contribution in [2.24, 2.45) is 5.92 Å². The van der Waals surface area contributed by atoms with Gasteiger partial charge in [0.2, 0.25) is 11.8 Å². The van der Waals surface area contributed by atoms with Gasteiger partial charge in [-0.25, -0.2) is 4.79 Å². The fourth-order valence-electron chi connectivity index (χ4n) is 3.15. The molecule has 0 spiro atoms. The molecule has 1 aliphatic rings. The minimum Gasteiger partial charge on any atom is -0.478 e. The number of carboxylic acid groups (broad SMARTS) is 1. The number of carboxylic acids is 1. The Balaban J connectivity index is 1.48. The molecule has 0 aromatic heterocycles. The minimum absolute atomic E-state index is 0.0564. The fraction of sp³-hybridized carbons (Fsp3) is 0.160. The third-order valence-electron chi connectivity index (χ3n) is 5.06. The topological polar surface area (TPSA) is 95.5 Å². The van der Waals surface area contributed by atoms with Gasteiger partial charge in [-0.1, -0.05) is 30.3 Å². The molecule has 1 unspecified atom stereocenters. The lowest BCUT2D eigenvalue weighted by Crippen LogP contribution is -2.19. The standard InChI is InChI=1S/C25H22N2O4S/c28-23(17-6-7-17)26-20-12-14-21(15-13-20)32-22(16-4-2-1-3-5-16)24(29)27-19-10-8-18(9-11-19)25(30)31/h1-5,8-15,17,22H,6-7H2,(H,26,28)(H,27,29)(H,30,31). The van der Waals surface area contributed by atoms with Crippen LogP contribution in [0, 0.1) is 5.92 Å². The summed E-state index contributed by atoms with van der Waals surface area (Å²) >= 11 is 1.40. The first-order valence-electron chi connectivity index (χ1n) is 10.3. The third kappa shape index (κ3) is 5.56. The molecule has 0 bridgehead atoms. The van der Waals surface area contributed by atoms with E-state index in [1.54, 1.807) is 12.1 Å². The lowest BCUT2D eigenvalue weighted by atomic mass is 10.1. The van der Waals surface area contributed by atoms with Crippen molar-refractivity contribution < 1.29 is 19.5 Å². The zero-order valence-electron chi connectivity index (χ0n) is 17.2. The largest absolute Gasteiger partial charge is 0.478 e. The van der Waals surface area contributed by atoms with Crippen LogP contribution in [-0.4, -0.2) is 22.9 Å². The van der Waals surface area contributed by atoms with Crippen molar-refractivity contribution in [1.29, 1.82) is 0 Å². The molecule has 7 heteroatoms. The number of thioether (sulfide) groups is 1. The van der Waals surface area contributed by atoms with E-state index in [9.17, 15) is 14.4 Å². The summed E-state index contributed by atoms with van der Waals surface area (Å²) in [4.78, 5) is 37.0. The van der Waals surface area contributed by atoms with Gasteiger partial charge in [0, 0.05) is 22.2 Å². The van der Waals surface area contributed by atoms with Crippen molar-refractivity contribution >= 4 is 40.9 Å². The SMILES string of the molecule is O=C(O)c1ccc(NC(=O)C(Sc2ccc(NC(=O)C3CC3)cc2)c2ccccc2)cc1. The number of anilines is 2. The third-order valence-corrected chi connectivity index (χ3v) is 6.33. The van der Waals surface area contributed by atoms with Crippen molar-refractivity contribution in [3.8, 4) is 0 Å². The average molecular weight is 447 g/mol. The average Bonchev–Trinajstić information content (AvgIpc) is 3.65. The summed E-state index contributed by atoms with van der Waals surface area (Å²) < 4.78 is 0. The molecule has 0 radical (unpaired) electrons. The summed E-state index contributed by atoms with van der Waals surface area (Å²) in [5.41, 5.74) is 2.28. The number of aromatic carboxylic acids is 1. The highest BCUT2D eigenvalue weighted by molar-refractivity contribution is 8.00. The Labute approximate surface area is 190 Å². The highest BCUT2D eigenvalue weighted by atomic mass is 32.2. The normalized spacial score (nSPS) is 13.8. The van der Waals surface area contributed by atoms with Gasteiger partial charge in [-0.15, -0.1) is 11.8 Å². The van der Waals surface area contributed by atoms with Gasteiger partial charge in [0.1, 0.15) is 5.25 Å². The van der Waals surface area contributed by atoms with Crippen LogP contribution in [0.1, 0.15) is 34.0 Å². The molecular weight excluding hydrogens is 424 g/mol. The van der Waals surface area contributed by atoms with Crippen LogP contribution in [0.25, 0.3) is 0 Å². The zero-order chi connectivity index (χ0) is 22.5. The number of hydrogen-bond donors (Lipinski definition) is 3. The molecule has 0 heterocycles.